The average Bonchev–Trinajstić information content (AvgIpc) is 2.55. The zero-order valence-electron chi connectivity index (χ0n) is 13.9. The molecule has 2 aliphatic heterocycles. The minimum Gasteiger partial charge on any atom is -0.349 e. The quantitative estimate of drug-likeness (QED) is 0.643. The maximum Gasteiger partial charge on any atom is 0.238 e. The van der Waals surface area contributed by atoms with E-state index >= 15 is 0 Å². The van der Waals surface area contributed by atoms with Gasteiger partial charge in [0.1, 0.15) is 11.6 Å². The molecule has 3 rings (SSSR count). The lowest BCUT2D eigenvalue weighted by Gasteiger charge is -2.40. The Morgan fingerprint density at radius 1 is 1.40 bits per heavy atom. The second-order valence-corrected chi connectivity index (χ2v) is 6.57. The Balaban J connectivity index is 1.57. The molecule has 1 aromatic carbocycles. The van der Waals surface area contributed by atoms with E-state index in [0.717, 1.165) is 31.5 Å². The van der Waals surface area contributed by atoms with E-state index in [0.29, 0.717) is 0 Å². The molecule has 4 atom stereocenters. The molecule has 0 radical (unpaired) electrons. The van der Waals surface area contributed by atoms with Crippen LogP contribution >= 0.6 is 0 Å². The van der Waals surface area contributed by atoms with E-state index in [1.54, 1.807) is 6.92 Å². The van der Waals surface area contributed by atoms with Gasteiger partial charge in [-0.3, -0.25) is 14.9 Å². The van der Waals surface area contributed by atoms with E-state index in [4.69, 9.17) is 0 Å². The van der Waals surface area contributed by atoms with Gasteiger partial charge in [-0.2, -0.15) is 0 Å². The summed E-state index contributed by atoms with van der Waals surface area (Å²) in [7, 11) is 0. The van der Waals surface area contributed by atoms with E-state index in [9.17, 15) is 18.4 Å². The summed E-state index contributed by atoms with van der Waals surface area (Å²) in [4.78, 5) is 24.4. The molecule has 4 N–H and O–H groups in total. The first-order valence-corrected chi connectivity index (χ1v) is 8.48. The van der Waals surface area contributed by atoms with Crippen LogP contribution in [0, 0.1) is 11.6 Å². The second-order valence-electron chi connectivity index (χ2n) is 6.57. The van der Waals surface area contributed by atoms with Gasteiger partial charge in [0.15, 0.2) is 0 Å². The van der Waals surface area contributed by atoms with Crippen LogP contribution < -0.4 is 21.3 Å². The van der Waals surface area contributed by atoms with Crippen LogP contribution in [0.4, 0.5) is 8.78 Å². The molecule has 0 aromatic heterocycles. The first kappa shape index (κ1) is 17.8. The molecule has 2 unspecified atom stereocenters. The van der Waals surface area contributed by atoms with Crippen molar-refractivity contribution in [3.63, 3.8) is 0 Å². The highest BCUT2D eigenvalue weighted by molar-refractivity contribution is 5.89. The molecule has 136 valence electrons. The Kier molecular flexibility index (Phi) is 5.29. The third-order valence-corrected chi connectivity index (χ3v) is 4.68. The Morgan fingerprint density at radius 2 is 2.20 bits per heavy atom. The molecule has 2 saturated heterocycles. The number of carbonyl (C=O) groups excluding carboxylic acids is 2. The topological polar surface area (TPSA) is 82.3 Å². The minimum absolute atomic E-state index is 0.0350. The summed E-state index contributed by atoms with van der Waals surface area (Å²) < 4.78 is 26.8. The fraction of sp³-hybridized carbons (Fsp3) is 0.529. The van der Waals surface area contributed by atoms with Crippen molar-refractivity contribution in [2.45, 2.75) is 50.5 Å². The molecule has 8 heteroatoms. The van der Waals surface area contributed by atoms with Crippen molar-refractivity contribution in [1.29, 1.82) is 0 Å². The SMILES string of the molecule is C[C@H](NC(=O)C[C@@H]1NC2NCCCC2NC1=O)c1ccc(F)cc1F. The highest BCUT2D eigenvalue weighted by Gasteiger charge is 2.37. The molecular weight excluding hydrogens is 330 g/mol. The van der Waals surface area contributed by atoms with Gasteiger partial charge in [-0.15, -0.1) is 0 Å². The van der Waals surface area contributed by atoms with Crippen LogP contribution in [0.15, 0.2) is 18.2 Å². The van der Waals surface area contributed by atoms with Crippen LogP contribution in [0.1, 0.15) is 37.8 Å². The van der Waals surface area contributed by atoms with Crippen molar-refractivity contribution < 1.29 is 18.4 Å². The second kappa shape index (κ2) is 7.45. The Morgan fingerprint density at radius 3 is 2.96 bits per heavy atom. The number of carbonyl (C=O) groups is 2. The third kappa shape index (κ3) is 4.13. The molecule has 0 aliphatic carbocycles. The van der Waals surface area contributed by atoms with E-state index in [1.807, 2.05) is 0 Å². The van der Waals surface area contributed by atoms with Crippen LogP contribution in [0.2, 0.25) is 0 Å². The zero-order valence-corrected chi connectivity index (χ0v) is 13.9. The maximum atomic E-state index is 13.8. The number of nitrogens with one attached hydrogen (secondary N) is 4. The van der Waals surface area contributed by atoms with Crippen molar-refractivity contribution in [2.75, 3.05) is 6.54 Å². The molecular formula is C17H22F2N4O2. The lowest BCUT2D eigenvalue weighted by atomic mass is 9.98. The standard InChI is InChI=1S/C17H22F2N4O2/c1-9(11-5-4-10(18)7-12(11)19)21-15(24)8-14-17(25)23-13-3-2-6-20-16(13)22-14/h4-5,7,9,13-14,16,20,22H,2-3,6,8H2,1H3,(H,21,24)(H,23,25)/t9-,13?,14-,16?/m0/s1. The summed E-state index contributed by atoms with van der Waals surface area (Å²) in [6.07, 6.45) is 1.80. The number of halogens is 2. The molecule has 2 heterocycles. The van der Waals surface area contributed by atoms with Gasteiger partial charge < -0.3 is 16.0 Å². The maximum absolute atomic E-state index is 13.8. The van der Waals surface area contributed by atoms with Gasteiger partial charge in [0.05, 0.1) is 30.7 Å². The summed E-state index contributed by atoms with van der Waals surface area (Å²) in [6.45, 7) is 2.48. The van der Waals surface area contributed by atoms with Crippen LogP contribution in [-0.2, 0) is 9.59 Å². The summed E-state index contributed by atoms with van der Waals surface area (Å²) in [6, 6.07) is 2.00. The largest absolute Gasteiger partial charge is 0.349 e. The summed E-state index contributed by atoms with van der Waals surface area (Å²) in [5, 5.41) is 12.0. The first-order chi connectivity index (χ1) is 11.9. The van der Waals surface area contributed by atoms with Crippen molar-refractivity contribution >= 4 is 11.8 Å². The average molecular weight is 352 g/mol. The lowest BCUT2D eigenvalue weighted by molar-refractivity contribution is -0.131. The van der Waals surface area contributed by atoms with E-state index in [2.05, 4.69) is 21.3 Å². The fourth-order valence-corrected chi connectivity index (χ4v) is 3.36. The number of piperidine rings is 1. The number of benzene rings is 1. The molecule has 2 aliphatic rings. The molecule has 0 bridgehead atoms. The van der Waals surface area contributed by atoms with Crippen molar-refractivity contribution in [1.82, 2.24) is 21.3 Å². The monoisotopic (exact) mass is 352 g/mol. The zero-order chi connectivity index (χ0) is 18.0. The fourth-order valence-electron chi connectivity index (χ4n) is 3.36. The van der Waals surface area contributed by atoms with Crippen molar-refractivity contribution in [2.24, 2.45) is 0 Å². The minimum atomic E-state index is -0.712. The van der Waals surface area contributed by atoms with E-state index < -0.39 is 23.7 Å². The number of piperazine rings is 1. The van der Waals surface area contributed by atoms with E-state index in [-0.39, 0.29) is 36.0 Å². The summed E-state index contributed by atoms with van der Waals surface area (Å²) >= 11 is 0. The normalized spacial score (nSPS) is 27.2. The highest BCUT2D eigenvalue weighted by atomic mass is 19.1. The van der Waals surface area contributed by atoms with Crippen LogP contribution in [0.5, 0.6) is 0 Å². The lowest BCUT2D eigenvalue weighted by Crippen LogP contribution is -2.70. The van der Waals surface area contributed by atoms with Gasteiger partial charge in [0.25, 0.3) is 0 Å². The first-order valence-electron chi connectivity index (χ1n) is 8.48. The van der Waals surface area contributed by atoms with Gasteiger partial charge in [0.2, 0.25) is 11.8 Å². The van der Waals surface area contributed by atoms with Gasteiger partial charge in [0, 0.05) is 11.6 Å². The smallest absolute Gasteiger partial charge is 0.238 e. The molecule has 2 amide bonds. The van der Waals surface area contributed by atoms with Gasteiger partial charge >= 0.3 is 0 Å². The number of rotatable bonds is 4. The predicted molar refractivity (Wildman–Crippen MR) is 87.4 cm³/mol. The van der Waals surface area contributed by atoms with E-state index in [1.165, 1.54) is 6.07 Å². The van der Waals surface area contributed by atoms with Crippen molar-refractivity contribution in [3.05, 3.63) is 35.4 Å². The molecule has 1 aromatic rings. The van der Waals surface area contributed by atoms with Crippen LogP contribution in [-0.4, -0.2) is 36.6 Å². The van der Waals surface area contributed by atoms with Gasteiger partial charge in [-0.05, 0) is 32.4 Å². The van der Waals surface area contributed by atoms with Gasteiger partial charge in [-0.25, -0.2) is 8.78 Å². The molecule has 25 heavy (non-hydrogen) atoms. The number of amides is 2. The number of hydrogen-bond donors (Lipinski definition) is 4. The number of fused-ring (bicyclic) bond motifs is 1. The highest BCUT2D eigenvalue weighted by Crippen LogP contribution is 2.18. The molecule has 2 fully saturated rings. The molecule has 0 saturated carbocycles. The van der Waals surface area contributed by atoms with Crippen molar-refractivity contribution in [3.8, 4) is 0 Å². The molecule has 6 nitrogen and oxygen atoms in total. The Hall–Kier alpha value is -2.06. The summed E-state index contributed by atoms with van der Waals surface area (Å²) in [5.41, 5.74) is 0.199. The Labute approximate surface area is 144 Å². The Bertz CT molecular complexity index is 670. The number of hydrogen-bond acceptors (Lipinski definition) is 4. The van der Waals surface area contributed by atoms with Crippen LogP contribution in [0.25, 0.3) is 0 Å². The predicted octanol–water partition coefficient (Wildman–Crippen LogP) is 0.698. The van der Waals surface area contributed by atoms with Crippen LogP contribution in [0.3, 0.4) is 0 Å². The third-order valence-electron chi connectivity index (χ3n) is 4.68. The summed E-state index contributed by atoms with van der Waals surface area (Å²) in [5.74, 6) is -1.97. The molecule has 0 spiro atoms. The van der Waals surface area contributed by atoms with Gasteiger partial charge in [-0.1, -0.05) is 6.07 Å².